The molecule has 3 aromatic rings. The maximum absolute atomic E-state index is 12.2. The second kappa shape index (κ2) is 7.08. The van der Waals surface area contributed by atoms with Crippen LogP contribution in [0.5, 0.6) is 0 Å². The van der Waals surface area contributed by atoms with Crippen LogP contribution in [0.1, 0.15) is 6.92 Å². The number of carbonyl (C=O) groups excluding carboxylic acids is 1. The van der Waals surface area contributed by atoms with Crippen LogP contribution >= 0.6 is 0 Å². The Hall–Kier alpha value is -4.01. The number of amides is 1. The van der Waals surface area contributed by atoms with Crippen LogP contribution in [-0.4, -0.2) is 15.8 Å². The van der Waals surface area contributed by atoms with E-state index in [4.69, 9.17) is 0 Å². The van der Waals surface area contributed by atoms with Gasteiger partial charge in [0.2, 0.25) is 5.91 Å². The van der Waals surface area contributed by atoms with Crippen molar-refractivity contribution < 1.29 is 14.6 Å². The molecular formula is C18H14N4O5. The standard InChI is InChI=1S/C18H14N4O5/c1-12(23)20(19-13-6-8-14(9-7-13)21(24)25)17-10-11-18(22(26)27)16-5-3-2-4-15(16)17/h2-11,19H,1H3. The molecule has 0 radical (unpaired) electrons. The van der Waals surface area contributed by atoms with Crippen molar-refractivity contribution in [2.75, 3.05) is 10.4 Å². The fourth-order valence-corrected chi connectivity index (χ4v) is 2.72. The summed E-state index contributed by atoms with van der Waals surface area (Å²) in [6.45, 7) is 1.34. The number of benzene rings is 3. The molecule has 0 atom stereocenters. The fourth-order valence-electron chi connectivity index (χ4n) is 2.72. The third kappa shape index (κ3) is 3.52. The maximum atomic E-state index is 12.2. The van der Waals surface area contributed by atoms with Crippen molar-refractivity contribution in [1.29, 1.82) is 0 Å². The van der Waals surface area contributed by atoms with Crippen molar-refractivity contribution in [3.63, 3.8) is 0 Å². The number of carbonyl (C=O) groups is 1. The van der Waals surface area contributed by atoms with E-state index >= 15 is 0 Å². The second-order valence-corrected chi connectivity index (χ2v) is 5.68. The molecule has 0 aliphatic rings. The van der Waals surface area contributed by atoms with Crippen LogP contribution in [0.25, 0.3) is 10.8 Å². The summed E-state index contributed by atoms with van der Waals surface area (Å²) in [5, 5.41) is 24.2. The number of non-ortho nitro benzene ring substituents is 2. The van der Waals surface area contributed by atoms with E-state index in [2.05, 4.69) is 5.43 Å². The zero-order chi connectivity index (χ0) is 19.6. The van der Waals surface area contributed by atoms with Crippen LogP contribution in [0, 0.1) is 20.2 Å². The van der Waals surface area contributed by atoms with Gasteiger partial charge in [0.15, 0.2) is 0 Å². The van der Waals surface area contributed by atoms with E-state index in [9.17, 15) is 25.0 Å². The lowest BCUT2D eigenvalue weighted by atomic mass is 10.1. The summed E-state index contributed by atoms with van der Waals surface area (Å²) in [5.41, 5.74) is 3.65. The lowest BCUT2D eigenvalue weighted by molar-refractivity contribution is -0.384. The van der Waals surface area contributed by atoms with E-state index in [1.807, 2.05) is 0 Å². The number of nitrogens with one attached hydrogen (secondary N) is 1. The van der Waals surface area contributed by atoms with Crippen LogP contribution < -0.4 is 10.4 Å². The Morgan fingerprint density at radius 1 is 0.889 bits per heavy atom. The van der Waals surface area contributed by atoms with E-state index in [0.29, 0.717) is 22.1 Å². The Bertz CT molecular complexity index is 1050. The lowest BCUT2D eigenvalue weighted by Crippen LogP contribution is -2.34. The molecule has 0 aliphatic carbocycles. The van der Waals surface area contributed by atoms with Crippen LogP contribution in [0.15, 0.2) is 60.7 Å². The number of anilines is 2. The molecule has 0 saturated heterocycles. The minimum Gasteiger partial charge on any atom is -0.291 e. The van der Waals surface area contributed by atoms with Crippen molar-refractivity contribution in [1.82, 2.24) is 0 Å². The summed E-state index contributed by atoms with van der Waals surface area (Å²) in [4.78, 5) is 33.2. The first-order valence-corrected chi connectivity index (χ1v) is 7.86. The minimum atomic E-state index is -0.518. The highest BCUT2D eigenvalue weighted by atomic mass is 16.6. The van der Waals surface area contributed by atoms with Crippen LogP contribution in [0.3, 0.4) is 0 Å². The molecule has 1 N–H and O–H groups in total. The van der Waals surface area contributed by atoms with E-state index in [0.717, 1.165) is 0 Å². The van der Waals surface area contributed by atoms with Gasteiger partial charge in [-0.3, -0.25) is 30.4 Å². The Kier molecular flexibility index (Phi) is 4.67. The SMILES string of the molecule is CC(=O)N(Nc1ccc([N+](=O)[O-])cc1)c1ccc([N+](=O)[O-])c2ccccc12. The quantitative estimate of drug-likeness (QED) is 0.538. The van der Waals surface area contributed by atoms with Gasteiger partial charge < -0.3 is 0 Å². The largest absolute Gasteiger partial charge is 0.291 e. The van der Waals surface area contributed by atoms with Crippen molar-refractivity contribution >= 4 is 39.4 Å². The van der Waals surface area contributed by atoms with Gasteiger partial charge in [0.1, 0.15) is 0 Å². The van der Waals surface area contributed by atoms with Crippen LogP contribution in [0.4, 0.5) is 22.7 Å². The van der Waals surface area contributed by atoms with E-state index in [1.165, 1.54) is 48.3 Å². The smallest absolute Gasteiger partial charge is 0.277 e. The summed E-state index contributed by atoms with van der Waals surface area (Å²) >= 11 is 0. The number of hydrazine groups is 1. The molecule has 3 aromatic carbocycles. The summed E-state index contributed by atoms with van der Waals surface area (Å²) in [5.74, 6) is -0.354. The predicted molar refractivity (Wildman–Crippen MR) is 100 cm³/mol. The Labute approximate surface area is 153 Å². The first-order valence-electron chi connectivity index (χ1n) is 7.86. The average Bonchev–Trinajstić information content (AvgIpc) is 2.65. The maximum Gasteiger partial charge on any atom is 0.277 e. The highest BCUT2D eigenvalue weighted by molar-refractivity contribution is 6.06. The van der Waals surface area contributed by atoms with Crippen LogP contribution in [0.2, 0.25) is 0 Å². The number of fused-ring (bicyclic) bond motifs is 1. The molecule has 0 unspecified atom stereocenters. The van der Waals surface area contributed by atoms with Crippen molar-refractivity contribution in [3.05, 3.63) is 80.9 Å². The highest BCUT2D eigenvalue weighted by Crippen LogP contribution is 2.34. The number of nitro benzene ring substituents is 2. The molecule has 9 heteroatoms. The normalized spacial score (nSPS) is 10.4. The van der Waals surface area contributed by atoms with E-state index in [-0.39, 0.29) is 17.3 Å². The third-order valence-corrected chi connectivity index (χ3v) is 3.95. The molecule has 0 fully saturated rings. The first-order chi connectivity index (χ1) is 12.9. The summed E-state index contributed by atoms with van der Waals surface area (Å²) in [6.07, 6.45) is 0. The van der Waals surface area contributed by atoms with E-state index < -0.39 is 9.85 Å². The summed E-state index contributed by atoms with van der Waals surface area (Å²) in [7, 11) is 0. The summed E-state index contributed by atoms with van der Waals surface area (Å²) in [6, 6.07) is 15.1. The molecule has 0 aromatic heterocycles. The van der Waals surface area contributed by atoms with Gasteiger partial charge in [-0.05, 0) is 24.3 Å². The highest BCUT2D eigenvalue weighted by Gasteiger charge is 2.20. The number of nitrogens with zero attached hydrogens (tertiary/aromatic N) is 3. The lowest BCUT2D eigenvalue weighted by Gasteiger charge is -2.24. The second-order valence-electron chi connectivity index (χ2n) is 5.68. The molecule has 136 valence electrons. The number of hydrogen-bond donors (Lipinski definition) is 1. The molecular weight excluding hydrogens is 352 g/mol. The van der Waals surface area contributed by atoms with E-state index in [1.54, 1.807) is 24.3 Å². The minimum absolute atomic E-state index is 0.0619. The number of hydrogen-bond acceptors (Lipinski definition) is 6. The Morgan fingerprint density at radius 3 is 2.07 bits per heavy atom. The van der Waals surface area contributed by atoms with Crippen molar-refractivity contribution in [2.45, 2.75) is 6.92 Å². The summed E-state index contributed by atoms with van der Waals surface area (Å²) < 4.78 is 0. The third-order valence-electron chi connectivity index (χ3n) is 3.95. The molecule has 0 bridgehead atoms. The first kappa shape index (κ1) is 17.8. The molecule has 1 amide bonds. The number of rotatable bonds is 5. The molecule has 3 rings (SSSR count). The van der Waals surface area contributed by atoms with Gasteiger partial charge >= 0.3 is 0 Å². The van der Waals surface area contributed by atoms with Gasteiger partial charge in [0.25, 0.3) is 11.4 Å². The molecule has 27 heavy (non-hydrogen) atoms. The van der Waals surface area contributed by atoms with Gasteiger partial charge in [-0.1, -0.05) is 18.2 Å². The van der Waals surface area contributed by atoms with Gasteiger partial charge in [-0.15, -0.1) is 0 Å². The van der Waals surface area contributed by atoms with Gasteiger partial charge in [-0.2, -0.15) is 0 Å². The Balaban J connectivity index is 2.05. The van der Waals surface area contributed by atoms with Gasteiger partial charge in [0.05, 0.1) is 26.6 Å². The van der Waals surface area contributed by atoms with Gasteiger partial charge in [0, 0.05) is 30.5 Å². The van der Waals surface area contributed by atoms with Crippen molar-refractivity contribution in [2.24, 2.45) is 0 Å². The average molecular weight is 366 g/mol. The fraction of sp³-hybridized carbons (Fsp3) is 0.0556. The zero-order valence-electron chi connectivity index (χ0n) is 14.2. The number of nitro groups is 2. The molecule has 9 nitrogen and oxygen atoms in total. The zero-order valence-corrected chi connectivity index (χ0v) is 14.2. The molecule has 0 aliphatic heterocycles. The topological polar surface area (TPSA) is 119 Å². The molecule has 0 saturated carbocycles. The predicted octanol–water partition coefficient (Wildman–Crippen LogP) is 4.04. The van der Waals surface area contributed by atoms with Crippen molar-refractivity contribution in [3.8, 4) is 0 Å². The van der Waals surface area contributed by atoms with Gasteiger partial charge in [-0.25, -0.2) is 5.01 Å². The monoisotopic (exact) mass is 366 g/mol. The molecule has 0 heterocycles. The molecule has 0 spiro atoms. The van der Waals surface area contributed by atoms with Crippen LogP contribution in [-0.2, 0) is 4.79 Å². The Morgan fingerprint density at radius 2 is 1.52 bits per heavy atom.